The Labute approximate surface area is 123 Å². The molecule has 0 fully saturated rings. The Bertz CT molecular complexity index is 712. The summed E-state index contributed by atoms with van der Waals surface area (Å²) in [5, 5.41) is 6.04. The summed E-state index contributed by atoms with van der Waals surface area (Å²) in [6.07, 6.45) is 1.91. The van der Waals surface area contributed by atoms with Crippen molar-refractivity contribution in [3.63, 3.8) is 0 Å². The van der Waals surface area contributed by atoms with Crippen molar-refractivity contribution in [1.29, 1.82) is 0 Å². The van der Waals surface area contributed by atoms with Gasteiger partial charge in [-0.05, 0) is 37.1 Å². The van der Waals surface area contributed by atoms with Crippen molar-refractivity contribution in [2.75, 3.05) is 6.54 Å². The predicted octanol–water partition coefficient (Wildman–Crippen LogP) is 4.30. The molecule has 0 saturated carbocycles. The number of aromatic nitrogens is 1. The lowest BCUT2D eigenvalue weighted by Gasteiger charge is -2.17. The van der Waals surface area contributed by atoms with Crippen molar-refractivity contribution in [2.24, 2.45) is 0 Å². The van der Waals surface area contributed by atoms with Crippen LogP contribution in [0.2, 0.25) is 0 Å². The van der Waals surface area contributed by atoms with Crippen LogP contribution in [-0.2, 0) is 0 Å². The van der Waals surface area contributed by atoms with Gasteiger partial charge in [-0.2, -0.15) is 0 Å². The van der Waals surface area contributed by atoms with Gasteiger partial charge in [0, 0.05) is 21.3 Å². The molecule has 0 aliphatic rings. The van der Waals surface area contributed by atoms with Crippen molar-refractivity contribution < 1.29 is 0 Å². The summed E-state index contributed by atoms with van der Waals surface area (Å²) in [5.41, 5.74) is 1.12. The predicted molar refractivity (Wildman–Crippen MR) is 86.3 cm³/mol. The van der Waals surface area contributed by atoms with E-state index in [-0.39, 0.29) is 6.04 Å². The van der Waals surface area contributed by atoms with Gasteiger partial charge in [0.2, 0.25) is 0 Å². The van der Waals surface area contributed by atoms with Gasteiger partial charge in [-0.25, -0.2) is 0 Å². The van der Waals surface area contributed by atoms with E-state index in [1.54, 1.807) is 0 Å². The molecule has 0 bridgehead atoms. The number of aryl methyl sites for hydroxylation is 1. The molecule has 3 rings (SSSR count). The van der Waals surface area contributed by atoms with E-state index in [2.05, 4.69) is 66.6 Å². The number of benzene rings is 1. The van der Waals surface area contributed by atoms with Crippen molar-refractivity contribution in [3.05, 3.63) is 64.1 Å². The number of rotatable bonds is 4. The molecule has 2 aromatic heterocycles. The number of thiophene rings is 1. The average molecular weight is 282 g/mol. The summed E-state index contributed by atoms with van der Waals surface area (Å²) in [6.45, 7) is 5.21. The van der Waals surface area contributed by atoms with Gasteiger partial charge in [0.15, 0.2) is 0 Å². The van der Waals surface area contributed by atoms with Gasteiger partial charge in [0.1, 0.15) is 0 Å². The molecule has 2 heterocycles. The Hall–Kier alpha value is -1.71. The van der Waals surface area contributed by atoms with Crippen molar-refractivity contribution in [2.45, 2.75) is 19.9 Å². The number of fused-ring (bicyclic) bond motifs is 1. The van der Waals surface area contributed by atoms with Crippen molar-refractivity contribution in [3.8, 4) is 0 Å². The molecule has 0 spiro atoms. The normalized spacial score (nSPS) is 12.7. The lowest BCUT2D eigenvalue weighted by molar-refractivity contribution is 0.629. The number of hydrogen-bond acceptors (Lipinski definition) is 3. The topological polar surface area (TPSA) is 24.9 Å². The molecule has 0 radical (unpaired) electrons. The lowest BCUT2D eigenvalue weighted by atomic mass is 10.0. The Morgan fingerprint density at radius 1 is 1.15 bits per heavy atom. The van der Waals surface area contributed by atoms with Crippen LogP contribution in [0.1, 0.15) is 28.4 Å². The van der Waals surface area contributed by atoms with Crippen LogP contribution >= 0.6 is 11.3 Å². The third-order valence-electron chi connectivity index (χ3n) is 3.43. The summed E-state index contributed by atoms with van der Waals surface area (Å²) in [6, 6.07) is 15.1. The lowest BCUT2D eigenvalue weighted by Crippen LogP contribution is -2.22. The Kier molecular flexibility index (Phi) is 3.81. The number of nitrogens with one attached hydrogen (secondary N) is 1. The molecule has 3 heteroatoms. The van der Waals surface area contributed by atoms with Crippen LogP contribution in [0, 0.1) is 6.92 Å². The van der Waals surface area contributed by atoms with Gasteiger partial charge in [-0.3, -0.25) is 4.98 Å². The Morgan fingerprint density at radius 2 is 2.00 bits per heavy atom. The first-order valence-corrected chi connectivity index (χ1v) is 7.74. The van der Waals surface area contributed by atoms with E-state index >= 15 is 0 Å². The maximum Gasteiger partial charge on any atom is 0.0851 e. The zero-order valence-electron chi connectivity index (χ0n) is 11.8. The van der Waals surface area contributed by atoms with Crippen LogP contribution in [0.25, 0.3) is 10.8 Å². The van der Waals surface area contributed by atoms with Crippen LogP contribution in [0.4, 0.5) is 0 Å². The molecule has 1 unspecified atom stereocenters. The highest BCUT2D eigenvalue weighted by Crippen LogP contribution is 2.31. The molecule has 1 N–H and O–H groups in total. The van der Waals surface area contributed by atoms with Crippen LogP contribution in [0.15, 0.2) is 48.7 Å². The molecule has 1 aromatic carbocycles. The van der Waals surface area contributed by atoms with Gasteiger partial charge in [0.05, 0.1) is 11.7 Å². The van der Waals surface area contributed by atoms with Crippen molar-refractivity contribution >= 4 is 22.1 Å². The highest BCUT2D eigenvalue weighted by Gasteiger charge is 2.18. The largest absolute Gasteiger partial charge is 0.305 e. The van der Waals surface area contributed by atoms with E-state index in [0.29, 0.717) is 0 Å². The van der Waals surface area contributed by atoms with E-state index in [4.69, 9.17) is 0 Å². The van der Waals surface area contributed by atoms with E-state index < -0.39 is 0 Å². The molecule has 0 amide bonds. The molecule has 2 nitrogen and oxygen atoms in total. The fourth-order valence-electron chi connectivity index (χ4n) is 2.52. The van der Waals surface area contributed by atoms with Gasteiger partial charge in [-0.15, -0.1) is 11.3 Å². The molecule has 0 saturated heterocycles. The van der Waals surface area contributed by atoms with Crippen LogP contribution in [-0.4, -0.2) is 11.5 Å². The summed E-state index contributed by atoms with van der Waals surface area (Å²) >= 11 is 1.84. The second-order valence-electron chi connectivity index (χ2n) is 4.86. The van der Waals surface area contributed by atoms with Gasteiger partial charge in [0.25, 0.3) is 0 Å². The zero-order valence-corrected chi connectivity index (χ0v) is 12.6. The van der Waals surface area contributed by atoms with E-state index in [1.807, 2.05) is 17.5 Å². The van der Waals surface area contributed by atoms with Gasteiger partial charge < -0.3 is 5.32 Å². The average Bonchev–Trinajstić information content (AvgIpc) is 2.91. The summed E-state index contributed by atoms with van der Waals surface area (Å²) in [4.78, 5) is 7.32. The van der Waals surface area contributed by atoms with Crippen molar-refractivity contribution in [1.82, 2.24) is 10.3 Å². The standard InChI is InChI=1S/C17H18N2S/c1-3-18-17(15-9-8-12(2)20-15)16-14-7-5-4-6-13(14)10-11-19-16/h4-11,17-18H,3H2,1-2H3. The number of hydrogen-bond donors (Lipinski definition) is 1. The molecule has 0 aliphatic carbocycles. The second-order valence-corrected chi connectivity index (χ2v) is 6.18. The zero-order chi connectivity index (χ0) is 13.9. The third-order valence-corrected chi connectivity index (χ3v) is 4.50. The quantitative estimate of drug-likeness (QED) is 0.771. The SMILES string of the molecule is CCNC(c1ccc(C)s1)c1nccc2ccccc12. The smallest absolute Gasteiger partial charge is 0.0851 e. The minimum atomic E-state index is 0.171. The maximum absolute atomic E-state index is 4.66. The molecule has 1 atom stereocenters. The molecule has 20 heavy (non-hydrogen) atoms. The molecule has 3 aromatic rings. The fourth-order valence-corrected chi connectivity index (χ4v) is 3.47. The van der Waals surface area contributed by atoms with Gasteiger partial charge >= 0.3 is 0 Å². The van der Waals surface area contributed by atoms with Crippen LogP contribution < -0.4 is 5.32 Å². The highest BCUT2D eigenvalue weighted by atomic mass is 32.1. The summed E-state index contributed by atoms with van der Waals surface area (Å²) in [7, 11) is 0. The van der Waals surface area contributed by atoms with Gasteiger partial charge in [-0.1, -0.05) is 31.2 Å². The first-order valence-electron chi connectivity index (χ1n) is 6.93. The maximum atomic E-state index is 4.66. The minimum absolute atomic E-state index is 0.171. The fraction of sp³-hybridized carbons (Fsp3) is 0.235. The van der Waals surface area contributed by atoms with E-state index in [1.165, 1.54) is 20.5 Å². The summed E-state index contributed by atoms with van der Waals surface area (Å²) < 4.78 is 0. The number of pyridine rings is 1. The molecular formula is C17H18N2S. The van der Waals surface area contributed by atoms with E-state index in [0.717, 1.165) is 12.2 Å². The molecule has 102 valence electrons. The Balaban J connectivity index is 2.14. The Morgan fingerprint density at radius 3 is 2.75 bits per heavy atom. The van der Waals surface area contributed by atoms with Crippen LogP contribution in [0.3, 0.4) is 0 Å². The second kappa shape index (κ2) is 5.73. The van der Waals surface area contributed by atoms with Crippen LogP contribution in [0.5, 0.6) is 0 Å². The molecular weight excluding hydrogens is 264 g/mol. The summed E-state index contributed by atoms with van der Waals surface area (Å²) in [5.74, 6) is 0. The third kappa shape index (κ3) is 2.47. The highest BCUT2D eigenvalue weighted by molar-refractivity contribution is 7.12. The first kappa shape index (κ1) is 13.3. The monoisotopic (exact) mass is 282 g/mol. The molecule has 0 aliphatic heterocycles. The van der Waals surface area contributed by atoms with E-state index in [9.17, 15) is 0 Å². The number of nitrogens with zero attached hydrogens (tertiary/aromatic N) is 1. The first-order chi connectivity index (χ1) is 9.79. The minimum Gasteiger partial charge on any atom is -0.305 e.